The van der Waals surface area contributed by atoms with Gasteiger partial charge in [0.05, 0.1) is 12.0 Å². The molecule has 8 nitrogen and oxygen atoms in total. The molecule has 0 saturated carbocycles. The highest BCUT2D eigenvalue weighted by molar-refractivity contribution is 7.89. The molecule has 0 radical (unpaired) electrons. The zero-order valence-electron chi connectivity index (χ0n) is 11.0. The average molecular weight is 284 g/mol. The maximum absolute atomic E-state index is 12.1. The van der Waals surface area contributed by atoms with Gasteiger partial charge in [0, 0.05) is 32.4 Å². The van der Waals surface area contributed by atoms with Gasteiger partial charge in [0.2, 0.25) is 0 Å². The number of imidazole rings is 1. The second-order valence-corrected chi connectivity index (χ2v) is 5.97. The average Bonchev–Trinajstić information content (AvgIpc) is 2.79. The van der Waals surface area contributed by atoms with Crippen LogP contribution in [0.1, 0.15) is 11.3 Å². The fraction of sp³-hybridized carbons (Fsp3) is 0.400. The molecule has 9 heteroatoms. The van der Waals surface area contributed by atoms with Gasteiger partial charge in [-0.25, -0.2) is 18.1 Å². The summed E-state index contributed by atoms with van der Waals surface area (Å²) < 4.78 is 29.8. The molecule has 0 aliphatic carbocycles. The van der Waals surface area contributed by atoms with Gasteiger partial charge in [-0.2, -0.15) is 5.10 Å². The normalized spacial score (nSPS) is 11.9. The number of anilines is 1. The molecule has 0 fully saturated rings. The Morgan fingerprint density at radius 3 is 2.58 bits per heavy atom. The summed E-state index contributed by atoms with van der Waals surface area (Å²) in [5.41, 5.74) is 7.16. The number of aromatic nitrogens is 4. The molecule has 0 aliphatic heterocycles. The van der Waals surface area contributed by atoms with Crippen LogP contribution < -0.4 is 10.5 Å². The van der Waals surface area contributed by atoms with Crippen molar-refractivity contribution in [2.24, 2.45) is 14.1 Å². The first kappa shape index (κ1) is 13.6. The number of sulfonamides is 1. The summed E-state index contributed by atoms with van der Waals surface area (Å²) in [6.45, 7) is 1.98. The largest absolute Gasteiger partial charge is 0.381 e. The van der Waals surface area contributed by atoms with E-state index in [2.05, 4.69) is 14.8 Å². The van der Waals surface area contributed by atoms with Crippen molar-refractivity contribution in [3.63, 3.8) is 0 Å². The summed E-state index contributed by atoms with van der Waals surface area (Å²) in [7, 11) is -0.337. The number of nitrogen functional groups attached to an aromatic ring is 1. The van der Waals surface area contributed by atoms with Crippen molar-refractivity contribution < 1.29 is 8.42 Å². The van der Waals surface area contributed by atoms with E-state index in [-0.39, 0.29) is 17.4 Å². The van der Waals surface area contributed by atoms with Gasteiger partial charge in [0.25, 0.3) is 10.0 Å². The van der Waals surface area contributed by atoms with Crippen LogP contribution in [0.2, 0.25) is 0 Å². The molecule has 2 heterocycles. The van der Waals surface area contributed by atoms with Crippen molar-refractivity contribution in [3.05, 3.63) is 23.8 Å². The van der Waals surface area contributed by atoms with Gasteiger partial charge in [0.1, 0.15) is 0 Å². The van der Waals surface area contributed by atoms with Crippen LogP contribution in [0.15, 0.2) is 17.6 Å². The number of rotatable bonds is 4. The van der Waals surface area contributed by atoms with E-state index in [0.717, 1.165) is 11.3 Å². The predicted molar refractivity (Wildman–Crippen MR) is 69.6 cm³/mol. The molecule has 0 amide bonds. The van der Waals surface area contributed by atoms with E-state index >= 15 is 0 Å². The summed E-state index contributed by atoms with van der Waals surface area (Å²) in [6, 6.07) is 0. The first-order valence-electron chi connectivity index (χ1n) is 5.57. The van der Waals surface area contributed by atoms with Crippen LogP contribution in [0.25, 0.3) is 0 Å². The highest BCUT2D eigenvalue weighted by Crippen LogP contribution is 2.15. The minimum absolute atomic E-state index is 0.0158. The maximum Gasteiger partial charge on any atom is 0.260 e. The highest BCUT2D eigenvalue weighted by atomic mass is 32.2. The Kier molecular flexibility index (Phi) is 3.33. The number of aryl methyl sites for hydroxylation is 3. The molecule has 2 aromatic rings. The molecular formula is C10H16N6O2S. The minimum atomic E-state index is -3.70. The lowest BCUT2D eigenvalue weighted by Gasteiger charge is -2.07. The number of hydrogen-bond acceptors (Lipinski definition) is 5. The predicted octanol–water partition coefficient (Wildman–Crippen LogP) is -0.477. The van der Waals surface area contributed by atoms with Gasteiger partial charge in [-0.05, 0) is 6.92 Å². The van der Waals surface area contributed by atoms with E-state index < -0.39 is 10.0 Å². The maximum atomic E-state index is 12.1. The van der Waals surface area contributed by atoms with Crippen molar-refractivity contribution in [1.29, 1.82) is 0 Å². The Hall–Kier alpha value is -1.87. The van der Waals surface area contributed by atoms with E-state index in [1.807, 2.05) is 6.92 Å². The van der Waals surface area contributed by atoms with Gasteiger partial charge >= 0.3 is 0 Å². The van der Waals surface area contributed by atoms with Crippen molar-refractivity contribution in [2.45, 2.75) is 18.5 Å². The summed E-state index contributed by atoms with van der Waals surface area (Å²) >= 11 is 0. The first-order valence-corrected chi connectivity index (χ1v) is 7.05. The zero-order chi connectivity index (χ0) is 14.2. The van der Waals surface area contributed by atoms with Crippen LogP contribution in [0.3, 0.4) is 0 Å². The van der Waals surface area contributed by atoms with Crippen molar-refractivity contribution in [3.8, 4) is 0 Å². The van der Waals surface area contributed by atoms with Crippen molar-refractivity contribution in [2.75, 3.05) is 5.73 Å². The Balaban J connectivity index is 2.21. The van der Waals surface area contributed by atoms with Crippen molar-refractivity contribution >= 4 is 15.8 Å². The number of nitrogens with zero attached hydrogens (tertiary/aromatic N) is 4. The lowest BCUT2D eigenvalue weighted by molar-refractivity contribution is 0.571. The number of nitrogens with two attached hydrogens (primary N) is 1. The Morgan fingerprint density at radius 2 is 2.11 bits per heavy atom. The SMILES string of the molecule is Cc1nn(C)cc1CNS(=O)(=O)c1c(N)ncn1C. The van der Waals surface area contributed by atoms with E-state index in [1.54, 1.807) is 25.0 Å². The van der Waals surface area contributed by atoms with Crippen LogP contribution in [0, 0.1) is 6.92 Å². The molecule has 0 atom stereocenters. The molecule has 2 aromatic heterocycles. The zero-order valence-corrected chi connectivity index (χ0v) is 11.8. The van der Waals surface area contributed by atoms with Gasteiger partial charge < -0.3 is 10.3 Å². The second-order valence-electron chi connectivity index (χ2n) is 4.28. The molecule has 3 N–H and O–H groups in total. The third kappa shape index (κ3) is 2.61. The van der Waals surface area contributed by atoms with Gasteiger partial charge in [-0.3, -0.25) is 4.68 Å². The first-order chi connectivity index (χ1) is 8.81. The summed E-state index contributed by atoms with van der Waals surface area (Å²) in [4.78, 5) is 3.76. The van der Waals surface area contributed by atoms with E-state index in [0.29, 0.717) is 0 Å². The summed E-state index contributed by atoms with van der Waals surface area (Å²) in [5.74, 6) is -0.0158. The lowest BCUT2D eigenvalue weighted by Crippen LogP contribution is -2.26. The van der Waals surface area contributed by atoms with Gasteiger partial charge in [-0.1, -0.05) is 0 Å². The third-order valence-electron chi connectivity index (χ3n) is 2.73. The minimum Gasteiger partial charge on any atom is -0.381 e. The Morgan fingerprint density at radius 1 is 1.42 bits per heavy atom. The fourth-order valence-corrected chi connectivity index (χ4v) is 3.06. The Labute approximate surface area is 111 Å². The molecule has 0 unspecified atom stereocenters. The smallest absolute Gasteiger partial charge is 0.260 e. The van der Waals surface area contributed by atoms with Crippen LogP contribution in [-0.2, 0) is 30.7 Å². The molecule has 0 aliphatic rings. The monoisotopic (exact) mass is 284 g/mol. The highest BCUT2D eigenvalue weighted by Gasteiger charge is 2.22. The third-order valence-corrected chi connectivity index (χ3v) is 4.26. The molecule has 2 rings (SSSR count). The lowest BCUT2D eigenvalue weighted by atomic mass is 10.3. The van der Waals surface area contributed by atoms with E-state index in [9.17, 15) is 8.42 Å². The van der Waals surface area contributed by atoms with Gasteiger partial charge in [0.15, 0.2) is 10.8 Å². The molecule has 0 bridgehead atoms. The molecule has 0 spiro atoms. The number of hydrogen-bond donors (Lipinski definition) is 2. The second kappa shape index (κ2) is 4.67. The fourth-order valence-electron chi connectivity index (χ4n) is 1.83. The molecular weight excluding hydrogens is 268 g/mol. The van der Waals surface area contributed by atoms with Crippen LogP contribution in [0.4, 0.5) is 5.82 Å². The Bertz CT molecular complexity index is 680. The summed E-state index contributed by atoms with van der Waals surface area (Å²) in [5, 5.41) is 4.12. The summed E-state index contributed by atoms with van der Waals surface area (Å²) in [6.07, 6.45) is 3.13. The molecule has 0 saturated heterocycles. The van der Waals surface area contributed by atoms with E-state index in [1.165, 1.54) is 10.9 Å². The number of nitrogens with one attached hydrogen (secondary N) is 1. The molecule has 19 heavy (non-hydrogen) atoms. The van der Waals surface area contributed by atoms with Crippen LogP contribution >= 0.6 is 0 Å². The quantitative estimate of drug-likeness (QED) is 0.788. The van der Waals surface area contributed by atoms with Gasteiger partial charge in [-0.15, -0.1) is 0 Å². The topological polar surface area (TPSA) is 108 Å². The van der Waals surface area contributed by atoms with E-state index in [4.69, 9.17) is 5.73 Å². The van der Waals surface area contributed by atoms with Crippen LogP contribution in [0.5, 0.6) is 0 Å². The van der Waals surface area contributed by atoms with Crippen LogP contribution in [-0.4, -0.2) is 27.7 Å². The molecule has 0 aromatic carbocycles. The van der Waals surface area contributed by atoms with Crippen molar-refractivity contribution in [1.82, 2.24) is 24.1 Å². The standard InChI is InChI=1S/C10H16N6O2S/c1-7-8(5-16(3)14-7)4-13-19(17,18)10-9(11)12-6-15(10)2/h5-6,13H,4,11H2,1-3H3. The molecule has 104 valence electrons.